The highest BCUT2D eigenvalue weighted by atomic mass is 15.3. The van der Waals surface area contributed by atoms with Crippen LogP contribution in [0.3, 0.4) is 0 Å². The van der Waals surface area contributed by atoms with E-state index in [0.717, 1.165) is 19.4 Å². The Hall–Kier alpha value is -1.30. The lowest BCUT2D eigenvalue weighted by atomic mass is 10.1. The number of nitrogens with zero attached hydrogens (tertiary/aromatic N) is 3. The quantitative estimate of drug-likeness (QED) is 0.687. The van der Waals surface area contributed by atoms with Gasteiger partial charge in [-0.15, -0.1) is 0 Å². The summed E-state index contributed by atoms with van der Waals surface area (Å²) in [7, 11) is 0. The third kappa shape index (κ3) is 1.33. The summed E-state index contributed by atoms with van der Waals surface area (Å²) in [5.41, 5.74) is 2.29. The molecule has 0 bridgehead atoms. The molecule has 13 heavy (non-hydrogen) atoms. The number of rotatable bonds is 2. The molecule has 1 heterocycles. The van der Waals surface area contributed by atoms with Crippen molar-refractivity contribution in [3.8, 4) is 6.07 Å². The standard InChI is InChI=1S/C10H13N3/c1-8-5-12-13(9(8)2)7-10(6-11)3-4-10/h5H,3-4,7H2,1-2H3. The number of aryl methyl sites for hydroxylation is 1. The topological polar surface area (TPSA) is 41.6 Å². The first-order valence-corrected chi connectivity index (χ1v) is 4.57. The van der Waals surface area contributed by atoms with E-state index in [1.54, 1.807) is 0 Å². The van der Waals surface area contributed by atoms with E-state index in [0.29, 0.717) is 0 Å². The Morgan fingerprint density at radius 1 is 1.62 bits per heavy atom. The molecule has 1 aromatic heterocycles. The van der Waals surface area contributed by atoms with Gasteiger partial charge in [0.05, 0.1) is 24.2 Å². The summed E-state index contributed by atoms with van der Waals surface area (Å²) < 4.78 is 1.95. The second kappa shape index (κ2) is 2.59. The van der Waals surface area contributed by atoms with Gasteiger partial charge in [-0.3, -0.25) is 4.68 Å². The molecule has 0 aromatic carbocycles. The molecule has 0 unspecified atom stereocenters. The van der Waals surface area contributed by atoms with Crippen LogP contribution in [0, 0.1) is 30.6 Å². The minimum Gasteiger partial charge on any atom is -0.268 e. The third-order valence-electron chi connectivity index (χ3n) is 2.89. The van der Waals surface area contributed by atoms with Crippen molar-refractivity contribution < 1.29 is 0 Å². The van der Waals surface area contributed by atoms with E-state index < -0.39 is 0 Å². The molecule has 68 valence electrons. The first-order chi connectivity index (χ1) is 6.17. The second-order valence-electron chi connectivity index (χ2n) is 3.96. The third-order valence-corrected chi connectivity index (χ3v) is 2.89. The summed E-state index contributed by atoms with van der Waals surface area (Å²) in [5, 5.41) is 13.2. The van der Waals surface area contributed by atoms with Gasteiger partial charge in [-0.2, -0.15) is 10.4 Å². The van der Waals surface area contributed by atoms with E-state index >= 15 is 0 Å². The van der Waals surface area contributed by atoms with Crippen LogP contribution in [0.4, 0.5) is 0 Å². The molecular formula is C10H13N3. The SMILES string of the molecule is Cc1cnn(CC2(C#N)CC2)c1C. The lowest BCUT2D eigenvalue weighted by Crippen LogP contribution is -2.12. The molecule has 0 spiro atoms. The van der Waals surface area contributed by atoms with E-state index in [1.165, 1.54) is 11.3 Å². The monoisotopic (exact) mass is 175 g/mol. The molecule has 1 aromatic rings. The van der Waals surface area contributed by atoms with Crippen molar-refractivity contribution in [2.24, 2.45) is 5.41 Å². The van der Waals surface area contributed by atoms with Gasteiger partial charge < -0.3 is 0 Å². The molecule has 0 aliphatic heterocycles. The fraction of sp³-hybridized carbons (Fsp3) is 0.600. The Balaban J connectivity index is 2.20. The number of nitriles is 1. The molecule has 1 aliphatic carbocycles. The Labute approximate surface area is 78.0 Å². The maximum atomic E-state index is 8.92. The highest BCUT2D eigenvalue weighted by molar-refractivity contribution is 5.16. The lowest BCUT2D eigenvalue weighted by Gasteiger charge is -2.07. The average molecular weight is 175 g/mol. The fourth-order valence-electron chi connectivity index (χ4n) is 1.44. The predicted molar refractivity (Wildman–Crippen MR) is 49.0 cm³/mol. The molecule has 0 amide bonds. The van der Waals surface area contributed by atoms with Crippen molar-refractivity contribution in [3.05, 3.63) is 17.5 Å². The zero-order chi connectivity index (χ0) is 9.47. The van der Waals surface area contributed by atoms with E-state index in [1.807, 2.05) is 17.8 Å². The van der Waals surface area contributed by atoms with Gasteiger partial charge >= 0.3 is 0 Å². The molecule has 1 fully saturated rings. The van der Waals surface area contributed by atoms with Crippen LogP contribution >= 0.6 is 0 Å². The van der Waals surface area contributed by atoms with Gasteiger partial charge in [0.25, 0.3) is 0 Å². The molecule has 0 radical (unpaired) electrons. The summed E-state index contributed by atoms with van der Waals surface area (Å²) in [4.78, 5) is 0. The van der Waals surface area contributed by atoms with Gasteiger partial charge in [0.15, 0.2) is 0 Å². The molecule has 0 saturated heterocycles. The minimum absolute atomic E-state index is 0.0940. The largest absolute Gasteiger partial charge is 0.268 e. The summed E-state index contributed by atoms with van der Waals surface area (Å²) in [6, 6.07) is 2.38. The van der Waals surface area contributed by atoms with Crippen molar-refractivity contribution in [2.45, 2.75) is 33.2 Å². The van der Waals surface area contributed by atoms with Gasteiger partial charge in [0.2, 0.25) is 0 Å². The van der Waals surface area contributed by atoms with E-state index in [4.69, 9.17) is 5.26 Å². The molecule has 1 aliphatic rings. The van der Waals surface area contributed by atoms with Gasteiger partial charge in [-0.05, 0) is 32.3 Å². The van der Waals surface area contributed by atoms with Crippen LogP contribution in [0.15, 0.2) is 6.20 Å². The minimum atomic E-state index is -0.0940. The van der Waals surface area contributed by atoms with Gasteiger partial charge in [-0.1, -0.05) is 0 Å². The normalized spacial score (nSPS) is 18.2. The van der Waals surface area contributed by atoms with Crippen molar-refractivity contribution in [1.29, 1.82) is 5.26 Å². The highest BCUT2D eigenvalue weighted by Gasteiger charge is 2.43. The van der Waals surface area contributed by atoms with Crippen molar-refractivity contribution >= 4 is 0 Å². The van der Waals surface area contributed by atoms with Crippen molar-refractivity contribution in [2.75, 3.05) is 0 Å². The molecule has 3 nitrogen and oxygen atoms in total. The molecular weight excluding hydrogens is 162 g/mol. The second-order valence-corrected chi connectivity index (χ2v) is 3.96. The first kappa shape index (κ1) is 8.31. The lowest BCUT2D eigenvalue weighted by molar-refractivity contribution is 0.476. The zero-order valence-electron chi connectivity index (χ0n) is 8.04. The van der Waals surface area contributed by atoms with Crippen LogP contribution < -0.4 is 0 Å². The maximum Gasteiger partial charge on any atom is 0.0770 e. The average Bonchev–Trinajstić information content (AvgIpc) is 2.85. The van der Waals surface area contributed by atoms with E-state index in [-0.39, 0.29) is 5.41 Å². The van der Waals surface area contributed by atoms with Crippen LogP contribution in [-0.4, -0.2) is 9.78 Å². The van der Waals surface area contributed by atoms with Crippen LogP contribution in [0.2, 0.25) is 0 Å². The summed E-state index contributed by atoms with van der Waals surface area (Å²) in [5.74, 6) is 0. The molecule has 0 N–H and O–H groups in total. The highest BCUT2D eigenvalue weighted by Crippen LogP contribution is 2.46. The fourth-order valence-corrected chi connectivity index (χ4v) is 1.44. The summed E-state index contributed by atoms with van der Waals surface area (Å²) in [6.45, 7) is 4.86. The number of hydrogen-bond donors (Lipinski definition) is 0. The summed E-state index contributed by atoms with van der Waals surface area (Å²) in [6.07, 6.45) is 3.92. The maximum absolute atomic E-state index is 8.92. The van der Waals surface area contributed by atoms with Crippen LogP contribution in [0.25, 0.3) is 0 Å². The van der Waals surface area contributed by atoms with Crippen LogP contribution in [-0.2, 0) is 6.54 Å². The van der Waals surface area contributed by atoms with Crippen LogP contribution in [0.5, 0.6) is 0 Å². The molecule has 1 saturated carbocycles. The summed E-state index contributed by atoms with van der Waals surface area (Å²) >= 11 is 0. The van der Waals surface area contributed by atoms with Gasteiger partial charge in [0, 0.05) is 5.69 Å². The zero-order valence-corrected chi connectivity index (χ0v) is 8.04. The molecule has 0 atom stereocenters. The van der Waals surface area contributed by atoms with Gasteiger partial charge in [0.1, 0.15) is 0 Å². The Kier molecular flexibility index (Phi) is 1.66. The Bertz CT molecular complexity index is 366. The smallest absolute Gasteiger partial charge is 0.0770 e. The van der Waals surface area contributed by atoms with Crippen molar-refractivity contribution in [3.63, 3.8) is 0 Å². The Morgan fingerprint density at radius 2 is 2.31 bits per heavy atom. The van der Waals surface area contributed by atoms with E-state index in [2.05, 4.69) is 18.1 Å². The van der Waals surface area contributed by atoms with E-state index in [9.17, 15) is 0 Å². The molecule has 3 heteroatoms. The van der Waals surface area contributed by atoms with Gasteiger partial charge in [-0.25, -0.2) is 0 Å². The first-order valence-electron chi connectivity index (χ1n) is 4.57. The predicted octanol–water partition coefficient (Wildman–Crippen LogP) is 1.80. The molecule has 2 rings (SSSR count). The number of hydrogen-bond acceptors (Lipinski definition) is 2. The Morgan fingerprint density at radius 3 is 2.69 bits per heavy atom. The van der Waals surface area contributed by atoms with Crippen LogP contribution in [0.1, 0.15) is 24.1 Å². The number of aromatic nitrogens is 2. The van der Waals surface area contributed by atoms with Crippen molar-refractivity contribution in [1.82, 2.24) is 9.78 Å².